The number of hydrogen-bond donors (Lipinski definition) is 2. The fourth-order valence-electron chi connectivity index (χ4n) is 0.890. The standard InChI is InChI=1S/C8H11BrN2O/c9-3-5-11-8(12)7-2-1-4-10-6-7/h1-2,4,10H,3,5-6H2,(H,11,12). The zero-order valence-corrected chi connectivity index (χ0v) is 8.23. The second-order valence-corrected chi connectivity index (χ2v) is 3.17. The molecule has 66 valence electrons. The molecular formula is C8H11BrN2O. The van der Waals surface area contributed by atoms with Crippen molar-refractivity contribution < 1.29 is 4.79 Å². The third kappa shape index (κ3) is 2.70. The molecule has 1 rings (SSSR count). The van der Waals surface area contributed by atoms with E-state index in [4.69, 9.17) is 0 Å². The highest BCUT2D eigenvalue weighted by Crippen LogP contribution is 1.97. The fraction of sp³-hybridized carbons (Fsp3) is 0.375. The molecule has 0 aliphatic carbocycles. The van der Waals surface area contributed by atoms with E-state index in [-0.39, 0.29) is 5.91 Å². The Labute approximate surface area is 80.0 Å². The first kappa shape index (κ1) is 9.32. The van der Waals surface area contributed by atoms with Gasteiger partial charge in [-0.3, -0.25) is 4.79 Å². The van der Waals surface area contributed by atoms with E-state index >= 15 is 0 Å². The molecule has 0 radical (unpaired) electrons. The van der Waals surface area contributed by atoms with Gasteiger partial charge in [-0.2, -0.15) is 0 Å². The van der Waals surface area contributed by atoms with Crippen molar-refractivity contribution in [3.63, 3.8) is 0 Å². The molecule has 1 amide bonds. The first-order valence-corrected chi connectivity index (χ1v) is 4.90. The normalized spacial score (nSPS) is 14.9. The van der Waals surface area contributed by atoms with Crippen molar-refractivity contribution in [1.29, 1.82) is 0 Å². The molecule has 12 heavy (non-hydrogen) atoms. The molecule has 0 aromatic rings. The molecule has 3 nitrogen and oxygen atoms in total. The van der Waals surface area contributed by atoms with Gasteiger partial charge in [-0.25, -0.2) is 0 Å². The van der Waals surface area contributed by atoms with Crippen LogP contribution in [0, 0.1) is 0 Å². The minimum atomic E-state index is 0.00583. The minimum Gasteiger partial charge on any atom is -0.387 e. The molecule has 0 spiro atoms. The van der Waals surface area contributed by atoms with Crippen molar-refractivity contribution in [3.05, 3.63) is 23.9 Å². The average molecular weight is 231 g/mol. The van der Waals surface area contributed by atoms with Gasteiger partial charge >= 0.3 is 0 Å². The molecule has 0 fully saturated rings. The largest absolute Gasteiger partial charge is 0.387 e. The molecular weight excluding hydrogens is 220 g/mol. The van der Waals surface area contributed by atoms with Gasteiger partial charge in [0.15, 0.2) is 0 Å². The van der Waals surface area contributed by atoms with Gasteiger partial charge < -0.3 is 10.6 Å². The number of amides is 1. The summed E-state index contributed by atoms with van der Waals surface area (Å²) < 4.78 is 0. The molecule has 0 bridgehead atoms. The van der Waals surface area contributed by atoms with E-state index in [9.17, 15) is 4.79 Å². The van der Waals surface area contributed by atoms with Gasteiger partial charge in [-0.05, 0) is 12.3 Å². The van der Waals surface area contributed by atoms with Crippen LogP contribution in [0.2, 0.25) is 0 Å². The lowest BCUT2D eigenvalue weighted by Gasteiger charge is -2.09. The van der Waals surface area contributed by atoms with Crippen molar-refractivity contribution in [2.75, 3.05) is 18.4 Å². The van der Waals surface area contributed by atoms with Crippen molar-refractivity contribution in [2.45, 2.75) is 0 Å². The number of halogens is 1. The number of hydrogen-bond acceptors (Lipinski definition) is 2. The highest BCUT2D eigenvalue weighted by molar-refractivity contribution is 9.09. The Kier molecular flexibility index (Phi) is 3.87. The highest BCUT2D eigenvalue weighted by atomic mass is 79.9. The minimum absolute atomic E-state index is 0.00583. The Morgan fingerprint density at radius 3 is 3.17 bits per heavy atom. The van der Waals surface area contributed by atoms with Crippen LogP contribution in [-0.2, 0) is 4.79 Å². The first-order chi connectivity index (χ1) is 5.84. The maximum atomic E-state index is 11.3. The molecule has 1 aliphatic heterocycles. The zero-order valence-electron chi connectivity index (χ0n) is 6.64. The van der Waals surface area contributed by atoms with Gasteiger partial charge in [0.25, 0.3) is 0 Å². The summed E-state index contributed by atoms with van der Waals surface area (Å²) in [7, 11) is 0. The molecule has 0 aromatic heterocycles. The van der Waals surface area contributed by atoms with Crippen LogP contribution in [0.4, 0.5) is 0 Å². The number of alkyl halides is 1. The van der Waals surface area contributed by atoms with Gasteiger partial charge in [-0.15, -0.1) is 0 Å². The SMILES string of the molecule is O=C(NCCBr)C1=CC=CNC1. The van der Waals surface area contributed by atoms with Crippen LogP contribution in [0.3, 0.4) is 0 Å². The van der Waals surface area contributed by atoms with Crippen LogP contribution in [0.15, 0.2) is 23.9 Å². The van der Waals surface area contributed by atoms with Crippen LogP contribution in [0.1, 0.15) is 0 Å². The van der Waals surface area contributed by atoms with E-state index in [1.807, 2.05) is 18.4 Å². The summed E-state index contributed by atoms with van der Waals surface area (Å²) in [4.78, 5) is 11.3. The topological polar surface area (TPSA) is 41.1 Å². The second-order valence-electron chi connectivity index (χ2n) is 2.38. The Balaban J connectivity index is 2.40. The number of dihydropyridines is 1. The number of carbonyl (C=O) groups excluding carboxylic acids is 1. The van der Waals surface area contributed by atoms with E-state index in [1.54, 1.807) is 0 Å². The van der Waals surface area contributed by atoms with Gasteiger partial charge in [-0.1, -0.05) is 22.0 Å². The molecule has 2 N–H and O–H groups in total. The van der Waals surface area contributed by atoms with Crippen LogP contribution in [-0.4, -0.2) is 24.3 Å². The smallest absolute Gasteiger partial charge is 0.249 e. The quantitative estimate of drug-likeness (QED) is 0.696. The molecule has 0 aromatic carbocycles. The number of nitrogens with one attached hydrogen (secondary N) is 2. The Morgan fingerprint density at radius 1 is 1.75 bits per heavy atom. The van der Waals surface area contributed by atoms with E-state index in [0.29, 0.717) is 13.1 Å². The zero-order chi connectivity index (χ0) is 8.81. The Hall–Kier alpha value is -0.770. The summed E-state index contributed by atoms with van der Waals surface area (Å²) >= 11 is 3.24. The third-order valence-corrected chi connectivity index (χ3v) is 1.87. The van der Waals surface area contributed by atoms with E-state index in [1.165, 1.54) is 0 Å². The molecule has 0 saturated heterocycles. The highest BCUT2D eigenvalue weighted by Gasteiger charge is 2.07. The molecule has 0 saturated carbocycles. The monoisotopic (exact) mass is 230 g/mol. The number of rotatable bonds is 3. The van der Waals surface area contributed by atoms with E-state index in [2.05, 4.69) is 26.6 Å². The van der Waals surface area contributed by atoms with Crippen LogP contribution >= 0.6 is 15.9 Å². The van der Waals surface area contributed by atoms with Crippen molar-refractivity contribution in [1.82, 2.24) is 10.6 Å². The van der Waals surface area contributed by atoms with Gasteiger partial charge in [0.05, 0.1) is 0 Å². The Morgan fingerprint density at radius 2 is 2.58 bits per heavy atom. The summed E-state index contributed by atoms with van der Waals surface area (Å²) in [5.74, 6) is 0.00583. The predicted molar refractivity (Wildman–Crippen MR) is 52.0 cm³/mol. The van der Waals surface area contributed by atoms with Crippen molar-refractivity contribution in [2.24, 2.45) is 0 Å². The lowest BCUT2D eigenvalue weighted by Crippen LogP contribution is -2.31. The number of allylic oxidation sites excluding steroid dienone is 2. The fourth-order valence-corrected chi connectivity index (χ4v) is 1.09. The summed E-state index contributed by atoms with van der Waals surface area (Å²) in [6.45, 7) is 1.28. The van der Waals surface area contributed by atoms with Crippen LogP contribution in [0.5, 0.6) is 0 Å². The summed E-state index contributed by atoms with van der Waals surface area (Å²) in [6.07, 6.45) is 5.47. The summed E-state index contributed by atoms with van der Waals surface area (Å²) in [5, 5.41) is 6.53. The van der Waals surface area contributed by atoms with Crippen molar-refractivity contribution in [3.8, 4) is 0 Å². The average Bonchev–Trinajstić information content (AvgIpc) is 2.15. The van der Waals surface area contributed by atoms with Gasteiger partial charge in [0.2, 0.25) is 5.91 Å². The molecule has 4 heteroatoms. The van der Waals surface area contributed by atoms with Crippen LogP contribution in [0.25, 0.3) is 0 Å². The van der Waals surface area contributed by atoms with Crippen molar-refractivity contribution >= 4 is 21.8 Å². The maximum Gasteiger partial charge on any atom is 0.249 e. The van der Waals surface area contributed by atoms with E-state index in [0.717, 1.165) is 10.9 Å². The summed E-state index contributed by atoms with van der Waals surface area (Å²) in [6, 6.07) is 0. The summed E-state index contributed by atoms with van der Waals surface area (Å²) in [5.41, 5.74) is 0.776. The third-order valence-electron chi connectivity index (χ3n) is 1.48. The molecule has 0 unspecified atom stereocenters. The molecule has 1 heterocycles. The number of carbonyl (C=O) groups is 1. The van der Waals surface area contributed by atoms with E-state index < -0.39 is 0 Å². The molecule has 0 atom stereocenters. The predicted octanol–water partition coefficient (Wildman–Crippen LogP) is 0.541. The maximum absolute atomic E-state index is 11.3. The lowest BCUT2D eigenvalue weighted by molar-refractivity contribution is -0.117. The second kappa shape index (κ2) is 4.98. The van der Waals surface area contributed by atoms with Crippen LogP contribution < -0.4 is 10.6 Å². The first-order valence-electron chi connectivity index (χ1n) is 3.78. The van der Waals surface area contributed by atoms with Gasteiger partial charge in [0, 0.05) is 24.0 Å². The van der Waals surface area contributed by atoms with Gasteiger partial charge in [0.1, 0.15) is 0 Å². The molecule has 1 aliphatic rings. The Bertz CT molecular complexity index is 223. The lowest BCUT2D eigenvalue weighted by atomic mass is 10.2.